The number of methoxy groups -OCH3 is 2. The molecule has 0 fully saturated rings. The van der Waals surface area contributed by atoms with E-state index in [2.05, 4.69) is 4.98 Å². The number of aliphatic hydroxyl groups is 1. The van der Waals surface area contributed by atoms with Crippen molar-refractivity contribution < 1.29 is 50.5 Å². The number of alkyl halides is 5. The Morgan fingerprint density at radius 3 is 2.26 bits per heavy atom. The molecule has 0 aliphatic carbocycles. The van der Waals surface area contributed by atoms with E-state index in [1.165, 1.54) is 21.1 Å². The second kappa shape index (κ2) is 13.1. The van der Waals surface area contributed by atoms with Crippen LogP contribution in [0.15, 0.2) is 47.3 Å². The van der Waals surface area contributed by atoms with E-state index in [-0.39, 0.29) is 39.1 Å². The van der Waals surface area contributed by atoms with E-state index in [1.54, 1.807) is 0 Å². The minimum Gasteiger partial charge on any atom is -0.494 e. The highest BCUT2D eigenvalue weighted by atomic mass is 35.5. The van der Waals surface area contributed by atoms with E-state index in [9.17, 15) is 36.2 Å². The normalized spacial score (nSPS) is 14.4. The molecule has 1 amide bonds. The van der Waals surface area contributed by atoms with E-state index in [0.29, 0.717) is 0 Å². The Kier molecular flexibility index (Phi) is 10.6. The van der Waals surface area contributed by atoms with Gasteiger partial charge in [-0.25, -0.2) is 18.2 Å². The summed E-state index contributed by atoms with van der Waals surface area (Å²) in [6, 6.07) is 5.32. The van der Waals surface area contributed by atoms with Gasteiger partial charge in [0, 0.05) is 5.56 Å². The largest absolute Gasteiger partial charge is 0.494 e. The van der Waals surface area contributed by atoms with Gasteiger partial charge in [-0.05, 0) is 55.8 Å². The van der Waals surface area contributed by atoms with E-state index in [0.717, 1.165) is 43.3 Å². The highest BCUT2D eigenvalue weighted by molar-refractivity contribution is 6.31. The van der Waals surface area contributed by atoms with Crippen molar-refractivity contribution in [2.24, 2.45) is 0 Å². The van der Waals surface area contributed by atoms with Crippen LogP contribution < -0.4 is 19.5 Å². The Balaban J connectivity index is 2.42. The number of nitrogens with one attached hydrogen (secondary N) is 1. The van der Waals surface area contributed by atoms with Crippen LogP contribution in [0.5, 0.6) is 17.2 Å². The summed E-state index contributed by atoms with van der Waals surface area (Å²) in [6.45, 7) is 0.184. The number of carbonyl (C=O) groups is 1. The molecule has 0 bridgehead atoms. The second-order valence-electron chi connectivity index (χ2n) is 8.06. The van der Waals surface area contributed by atoms with Gasteiger partial charge < -0.3 is 24.6 Å². The number of hydrogen-bond donors (Lipinski definition) is 2. The molecule has 214 valence electrons. The summed E-state index contributed by atoms with van der Waals surface area (Å²) in [7, 11) is 2.41. The summed E-state index contributed by atoms with van der Waals surface area (Å²) in [5.41, 5.74) is -4.78. The first-order chi connectivity index (χ1) is 18.1. The Morgan fingerprint density at radius 1 is 1.10 bits per heavy atom. The first-order valence-electron chi connectivity index (χ1n) is 11.1. The summed E-state index contributed by atoms with van der Waals surface area (Å²) in [4.78, 5) is 16.5. The average molecular weight is 583 g/mol. The van der Waals surface area contributed by atoms with Gasteiger partial charge in [0.25, 0.3) is 12.3 Å². The molecule has 1 aromatic heterocycles. The third-order valence-electron chi connectivity index (χ3n) is 5.31. The Labute approximate surface area is 225 Å². The number of ether oxygens (including phenoxy) is 3. The summed E-state index contributed by atoms with van der Waals surface area (Å²) in [6.07, 6.45) is -6.96. The number of halogens is 7. The van der Waals surface area contributed by atoms with Crippen molar-refractivity contribution in [1.29, 1.82) is 0 Å². The fraction of sp³-hybridized carbons (Fsp3) is 0.360. The highest BCUT2D eigenvalue weighted by Gasteiger charge is 2.56. The molecule has 0 saturated heterocycles. The van der Waals surface area contributed by atoms with Gasteiger partial charge in [0.05, 0.1) is 31.5 Å². The summed E-state index contributed by atoms with van der Waals surface area (Å²) in [5.74, 6) is -2.00. The maximum atomic E-state index is 14.1. The lowest BCUT2D eigenvalue weighted by atomic mass is 9.96. The monoisotopic (exact) mass is 582 g/mol. The Morgan fingerprint density at radius 2 is 1.72 bits per heavy atom. The van der Waals surface area contributed by atoms with Gasteiger partial charge in [-0.1, -0.05) is 11.6 Å². The van der Waals surface area contributed by atoms with Gasteiger partial charge in [0.2, 0.25) is 5.60 Å². The number of hydrogen-bond acceptors (Lipinski definition) is 6. The fourth-order valence-corrected chi connectivity index (χ4v) is 3.37. The molecule has 2 N–H and O–H groups in total. The number of aromatic nitrogens is 1. The minimum atomic E-state index is -5.31. The van der Waals surface area contributed by atoms with Crippen molar-refractivity contribution >= 4 is 23.1 Å². The van der Waals surface area contributed by atoms with Crippen LogP contribution in [0.3, 0.4) is 0 Å². The molecule has 1 heterocycles. The lowest BCUT2D eigenvalue weighted by Crippen LogP contribution is -2.51. The zero-order valence-corrected chi connectivity index (χ0v) is 21.9. The molecule has 0 saturated carbocycles. The van der Waals surface area contributed by atoms with Crippen LogP contribution in [0.2, 0.25) is 0 Å². The number of carbonyl (C=O) groups excluding carboxylic acids is 1. The molecular formula is C25H25ClF6N2O5. The maximum absolute atomic E-state index is 14.1. The predicted molar refractivity (Wildman–Crippen MR) is 131 cm³/mol. The molecule has 1 aromatic carbocycles. The van der Waals surface area contributed by atoms with Crippen molar-refractivity contribution in [1.82, 2.24) is 10.3 Å². The standard InChI is InChI=1S/C25H25ClF6N2O5/c1-13(9-16(26)14(2)27)22-18(37-3)7-8-20(34-22)24(36,25(30,31)32)12-33-23(35)15-5-6-17(19(10-15)38-4)39-11-21(28)29/h5-10,21,36H,11-12H2,1-4H3,(H,33,35). The number of amides is 1. The zero-order valence-electron chi connectivity index (χ0n) is 21.1. The lowest BCUT2D eigenvalue weighted by molar-refractivity contribution is -0.265. The zero-order chi connectivity index (χ0) is 29.5. The molecule has 0 spiro atoms. The van der Waals surface area contributed by atoms with Crippen LogP contribution in [0.4, 0.5) is 26.3 Å². The van der Waals surface area contributed by atoms with Crippen molar-refractivity contribution in [2.45, 2.75) is 32.1 Å². The SMILES string of the molecule is COc1cc(C(=O)NCC(O)(c2ccc(OC)c(C(C)=CC(Cl)=C(C)F)n2)C(F)(F)F)ccc1OCC(F)F. The number of nitrogens with zero attached hydrogens (tertiary/aromatic N) is 1. The van der Waals surface area contributed by atoms with Gasteiger partial charge in [0.15, 0.2) is 11.5 Å². The first kappa shape index (κ1) is 31.8. The summed E-state index contributed by atoms with van der Waals surface area (Å²) >= 11 is 5.80. The highest BCUT2D eigenvalue weighted by Crippen LogP contribution is 2.39. The van der Waals surface area contributed by atoms with Crippen molar-refractivity contribution in [3.05, 3.63) is 64.2 Å². The van der Waals surface area contributed by atoms with Crippen LogP contribution in [-0.4, -0.2) is 56.0 Å². The van der Waals surface area contributed by atoms with Crippen LogP contribution in [0.25, 0.3) is 5.57 Å². The molecule has 0 aliphatic rings. The summed E-state index contributed by atoms with van der Waals surface area (Å²) < 4.78 is 95.7. The molecule has 0 aliphatic heterocycles. The number of allylic oxidation sites excluding steroid dienone is 4. The topological polar surface area (TPSA) is 89.9 Å². The molecule has 1 atom stereocenters. The van der Waals surface area contributed by atoms with Gasteiger partial charge >= 0.3 is 6.18 Å². The Bertz CT molecular complexity index is 1250. The van der Waals surface area contributed by atoms with Crippen molar-refractivity contribution in [2.75, 3.05) is 27.4 Å². The van der Waals surface area contributed by atoms with Gasteiger partial charge in [-0.3, -0.25) is 4.79 Å². The van der Waals surface area contributed by atoms with E-state index < -0.39 is 48.8 Å². The number of rotatable bonds is 11. The first-order valence-corrected chi connectivity index (χ1v) is 11.4. The molecule has 39 heavy (non-hydrogen) atoms. The van der Waals surface area contributed by atoms with Gasteiger partial charge in [-0.15, -0.1) is 0 Å². The van der Waals surface area contributed by atoms with E-state index in [1.807, 2.05) is 5.32 Å². The van der Waals surface area contributed by atoms with Crippen LogP contribution in [-0.2, 0) is 5.60 Å². The molecule has 14 heteroatoms. The van der Waals surface area contributed by atoms with Gasteiger partial charge in [-0.2, -0.15) is 13.2 Å². The van der Waals surface area contributed by atoms with Crippen LogP contribution >= 0.6 is 11.6 Å². The second-order valence-corrected chi connectivity index (χ2v) is 8.47. The molecular weight excluding hydrogens is 558 g/mol. The third-order valence-corrected chi connectivity index (χ3v) is 5.68. The van der Waals surface area contributed by atoms with Crippen molar-refractivity contribution in [3.63, 3.8) is 0 Å². The van der Waals surface area contributed by atoms with E-state index in [4.69, 9.17) is 25.8 Å². The van der Waals surface area contributed by atoms with Crippen molar-refractivity contribution in [3.8, 4) is 17.2 Å². The molecule has 2 aromatic rings. The third kappa shape index (κ3) is 7.79. The average Bonchev–Trinajstić information content (AvgIpc) is 2.88. The molecule has 1 unspecified atom stereocenters. The molecule has 0 radical (unpaired) electrons. The van der Waals surface area contributed by atoms with Crippen LogP contribution in [0, 0.1) is 0 Å². The fourth-order valence-electron chi connectivity index (χ4n) is 3.21. The van der Waals surface area contributed by atoms with Gasteiger partial charge in [0.1, 0.15) is 23.9 Å². The Hall–Kier alpha value is -3.45. The predicted octanol–water partition coefficient (Wildman–Crippen LogP) is 5.77. The van der Waals surface area contributed by atoms with Crippen LogP contribution in [0.1, 0.15) is 35.6 Å². The molecule has 2 rings (SSSR count). The smallest absolute Gasteiger partial charge is 0.424 e. The molecule has 7 nitrogen and oxygen atoms in total. The maximum Gasteiger partial charge on any atom is 0.424 e. The summed E-state index contributed by atoms with van der Waals surface area (Å²) in [5, 5.41) is 12.4. The number of pyridine rings is 1. The van der Waals surface area contributed by atoms with E-state index >= 15 is 0 Å². The minimum absolute atomic E-state index is 0.0169. The lowest BCUT2D eigenvalue weighted by Gasteiger charge is -2.30. The number of benzene rings is 1. The quantitative estimate of drug-likeness (QED) is 0.258.